The summed E-state index contributed by atoms with van der Waals surface area (Å²) in [7, 11) is 1.84. The summed E-state index contributed by atoms with van der Waals surface area (Å²) in [5.41, 5.74) is 2.87. The van der Waals surface area contributed by atoms with Gasteiger partial charge in [0, 0.05) is 37.5 Å². The van der Waals surface area contributed by atoms with Crippen LogP contribution in [-0.4, -0.2) is 34.3 Å². The Morgan fingerprint density at radius 3 is 2.77 bits per heavy atom. The van der Waals surface area contributed by atoms with E-state index in [4.69, 9.17) is 0 Å². The lowest BCUT2D eigenvalue weighted by Crippen LogP contribution is -2.03. The number of halogens is 1. The summed E-state index contributed by atoms with van der Waals surface area (Å²) in [6, 6.07) is 14.2. The molecule has 5 rings (SSSR count). The molecule has 148 valence electrons. The van der Waals surface area contributed by atoms with Gasteiger partial charge < -0.3 is 5.32 Å². The summed E-state index contributed by atoms with van der Waals surface area (Å²) < 4.78 is 17.5. The molecule has 9 heteroatoms. The third-order valence-electron chi connectivity index (χ3n) is 4.80. The van der Waals surface area contributed by atoms with Crippen LogP contribution in [0.4, 0.5) is 16.2 Å². The SMILES string of the molecule is Cn1nccc1Nc1nccc(-c2ccn3c(Cc4ccccc4F)nnc3c2)n1. The maximum absolute atomic E-state index is 14.0. The summed E-state index contributed by atoms with van der Waals surface area (Å²) in [5, 5.41) is 15.7. The van der Waals surface area contributed by atoms with E-state index in [-0.39, 0.29) is 5.82 Å². The molecule has 0 atom stereocenters. The molecule has 5 aromatic rings. The fourth-order valence-corrected chi connectivity index (χ4v) is 3.22. The number of pyridine rings is 1. The van der Waals surface area contributed by atoms with Gasteiger partial charge >= 0.3 is 0 Å². The molecule has 0 spiro atoms. The molecular formula is C21H17FN8. The lowest BCUT2D eigenvalue weighted by molar-refractivity contribution is 0.611. The smallest absolute Gasteiger partial charge is 0.228 e. The predicted octanol–water partition coefficient (Wildman–Crippen LogP) is 3.39. The van der Waals surface area contributed by atoms with Gasteiger partial charge in [0.25, 0.3) is 0 Å². The van der Waals surface area contributed by atoms with Crippen molar-refractivity contribution in [1.29, 1.82) is 0 Å². The van der Waals surface area contributed by atoms with Crippen LogP contribution in [0.25, 0.3) is 16.9 Å². The van der Waals surface area contributed by atoms with Crippen LogP contribution in [0.15, 0.2) is 67.1 Å². The summed E-state index contributed by atoms with van der Waals surface area (Å²) in [4.78, 5) is 8.85. The van der Waals surface area contributed by atoms with E-state index < -0.39 is 0 Å². The number of aryl methyl sites for hydroxylation is 1. The first-order chi connectivity index (χ1) is 14.7. The van der Waals surface area contributed by atoms with Gasteiger partial charge in [-0.25, -0.2) is 14.4 Å². The molecule has 0 unspecified atom stereocenters. The number of nitrogens with zero attached hydrogens (tertiary/aromatic N) is 7. The molecule has 0 saturated heterocycles. The molecule has 0 aliphatic carbocycles. The Kier molecular flexibility index (Phi) is 4.40. The van der Waals surface area contributed by atoms with Gasteiger partial charge in [-0.2, -0.15) is 5.10 Å². The molecule has 0 aliphatic rings. The minimum absolute atomic E-state index is 0.250. The first-order valence-corrected chi connectivity index (χ1v) is 9.33. The van der Waals surface area contributed by atoms with E-state index in [0.29, 0.717) is 29.4 Å². The predicted molar refractivity (Wildman–Crippen MR) is 110 cm³/mol. The fraction of sp³-hybridized carbons (Fsp3) is 0.0952. The largest absolute Gasteiger partial charge is 0.309 e. The normalized spacial score (nSPS) is 11.1. The van der Waals surface area contributed by atoms with Gasteiger partial charge in [0.1, 0.15) is 17.5 Å². The standard InChI is InChI=1S/C21H17FN8/c1-29-18(7-10-24-29)26-21-23-9-6-17(25-21)15-8-11-30-19(27-28-20(30)13-15)12-14-4-2-3-5-16(14)22/h2-11,13H,12H2,1H3,(H,23,25,26). The van der Waals surface area contributed by atoms with Crippen LogP contribution in [0, 0.1) is 5.82 Å². The molecule has 1 N–H and O–H groups in total. The highest BCUT2D eigenvalue weighted by Gasteiger charge is 2.11. The Bertz CT molecular complexity index is 1340. The van der Waals surface area contributed by atoms with Crippen molar-refractivity contribution in [2.24, 2.45) is 7.05 Å². The Morgan fingerprint density at radius 1 is 1.03 bits per heavy atom. The molecular weight excluding hydrogens is 383 g/mol. The van der Waals surface area contributed by atoms with Crippen LogP contribution in [-0.2, 0) is 13.5 Å². The molecule has 1 aromatic carbocycles. The molecule has 8 nitrogen and oxygen atoms in total. The number of rotatable bonds is 5. The molecule has 4 heterocycles. The number of anilines is 2. The monoisotopic (exact) mass is 400 g/mol. The summed E-state index contributed by atoms with van der Waals surface area (Å²) in [6.45, 7) is 0. The maximum Gasteiger partial charge on any atom is 0.228 e. The van der Waals surface area contributed by atoms with E-state index in [9.17, 15) is 4.39 Å². The van der Waals surface area contributed by atoms with Gasteiger partial charge in [0.2, 0.25) is 5.95 Å². The van der Waals surface area contributed by atoms with Crippen LogP contribution in [0.3, 0.4) is 0 Å². The van der Waals surface area contributed by atoms with Gasteiger partial charge in [-0.3, -0.25) is 9.08 Å². The number of fused-ring (bicyclic) bond motifs is 1. The van der Waals surface area contributed by atoms with E-state index in [0.717, 1.165) is 17.1 Å². The third kappa shape index (κ3) is 3.37. The number of hydrogen-bond donors (Lipinski definition) is 1. The Labute approximate surface area is 171 Å². The van der Waals surface area contributed by atoms with Gasteiger partial charge in [0.15, 0.2) is 5.65 Å². The Balaban J connectivity index is 1.44. The summed E-state index contributed by atoms with van der Waals surface area (Å²) >= 11 is 0. The van der Waals surface area contributed by atoms with Crippen molar-refractivity contribution >= 4 is 17.4 Å². The second kappa shape index (κ2) is 7.36. The highest BCUT2D eigenvalue weighted by Crippen LogP contribution is 2.21. The van der Waals surface area contributed by atoms with Crippen molar-refractivity contribution in [3.63, 3.8) is 0 Å². The van der Waals surface area contributed by atoms with Crippen LogP contribution in [0.5, 0.6) is 0 Å². The van der Waals surface area contributed by atoms with Crippen molar-refractivity contribution in [3.05, 3.63) is 84.3 Å². The molecule has 0 radical (unpaired) electrons. The van der Waals surface area contributed by atoms with Crippen molar-refractivity contribution in [2.45, 2.75) is 6.42 Å². The van der Waals surface area contributed by atoms with Crippen LogP contribution < -0.4 is 5.32 Å². The van der Waals surface area contributed by atoms with Crippen molar-refractivity contribution < 1.29 is 4.39 Å². The zero-order valence-electron chi connectivity index (χ0n) is 16.1. The zero-order chi connectivity index (χ0) is 20.5. The van der Waals surface area contributed by atoms with Crippen LogP contribution in [0.1, 0.15) is 11.4 Å². The first-order valence-electron chi connectivity index (χ1n) is 9.33. The Morgan fingerprint density at radius 2 is 1.93 bits per heavy atom. The molecule has 0 saturated carbocycles. The fourth-order valence-electron chi connectivity index (χ4n) is 3.22. The first kappa shape index (κ1) is 17.9. The molecule has 4 aromatic heterocycles. The van der Waals surface area contributed by atoms with Gasteiger partial charge in [-0.1, -0.05) is 18.2 Å². The van der Waals surface area contributed by atoms with Crippen molar-refractivity contribution in [3.8, 4) is 11.3 Å². The lowest BCUT2D eigenvalue weighted by Gasteiger charge is -2.07. The average molecular weight is 400 g/mol. The Hall–Kier alpha value is -4.14. The molecule has 0 amide bonds. The second-order valence-corrected chi connectivity index (χ2v) is 6.76. The van der Waals surface area contributed by atoms with Gasteiger partial charge in [-0.05, 0) is 29.8 Å². The van der Waals surface area contributed by atoms with Gasteiger partial charge in [0.05, 0.1) is 11.9 Å². The minimum atomic E-state index is -0.250. The van der Waals surface area contributed by atoms with Crippen molar-refractivity contribution in [2.75, 3.05) is 5.32 Å². The minimum Gasteiger partial charge on any atom is -0.309 e. The molecule has 0 aliphatic heterocycles. The second-order valence-electron chi connectivity index (χ2n) is 6.76. The molecule has 0 fully saturated rings. The summed E-state index contributed by atoms with van der Waals surface area (Å²) in [5.74, 6) is 1.68. The molecule has 0 bridgehead atoms. The van der Waals surface area contributed by atoms with E-state index in [1.165, 1.54) is 6.07 Å². The number of benzene rings is 1. The molecule has 30 heavy (non-hydrogen) atoms. The highest BCUT2D eigenvalue weighted by molar-refractivity contribution is 5.65. The number of aromatic nitrogens is 7. The third-order valence-corrected chi connectivity index (χ3v) is 4.80. The average Bonchev–Trinajstić information content (AvgIpc) is 3.35. The summed E-state index contributed by atoms with van der Waals surface area (Å²) in [6.07, 6.45) is 5.62. The van der Waals surface area contributed by atoms with Crippen LogP contribution >= 0.6 is 0 Å². The zero-order valence-corrected chi connectivity index (χ0v) is 16.1. The van der Waals surface area contributed by atoms with E-state index in [2.05, 4.69) is 30.6 Å². The van der Waals surface area contributed by atoms with Gasteiger partial charge in [-0.15, -0.1) is 10.2 Å². The van der Waals surface area contributed by atoms with E-state index in [1.807, 2.05) is 48.0 Å². The topological polar surface area (TPSA) is 85.8 Å². The highest BCUT2D eigenvalue weighted by atomic mass is 19.1. The lowest BCUT2D eigenvalue weighted by atomic mass is 10.1. The number of hydrogen-bond acceptors (Lipinski definition) is 6. The van der Waals surface area contributed by atoms with E-state index in [1.54, 1.807) is 29.2 Å². The van der Waals surface area contributed by atoms with Crippen LogP contribution in [0.2, 0.25) is 0 Å². The van der Waals surface area contributed by atoms with Crippen molar-refractivity contribution in [1.82, 2.24) is 34.3 Å². The maximum atomic E-state index is 14.0. The number of nitrogens with one attached hydrogen (secondary N) is 1. The quantitative estimate of drug-likeness (QED) is 0.487. The van der Waals surface area contributed by atoms with E-state index >= 15 is 0 Å².